The number of thioether (sulfide) groups is 1. The van der Waals surface area contributed by atoms with Crippen LogP contribution in [0.15, 0.2) is 40.7 Å². The molecular formula is C27H23F6N4O3S+. The van der Waals surface area contributed by atoms with Crippen LogP contribution in [0.25, 0.3) is 11.1 Å². The Morgan fingerprint density at radius 2 is 1.88 bits per heavy atom. The van der Waals surface area contributed by atoms with Crippen LogP contribution in [0.2, 0.25) is 0 Å². The standard InChI is InChI=1S/C27H23F6N4O3S/c1-4-21(38)35-5-6-36(13(2)10-35)25-16-7-17(27(31,32)33)22(15-8-19(29)20(30)9-18(15)28)24-23(16)37(26(39)34-25)14(11-40-3)12-41-24/h4,7-9,13H,1,5-6,10-12H2,2-3H3/q+1. The van der Waals surface area contributed by atoms with E-state index in [9.17, 15) is 31.5 Å². The van der Waals surface area contributed by atoms with Crippen LogP contribution in [0.1, 0.15) is 18.1 Å². The van der Waals surface area contributed by atoms with Crippen LogP contribution in [0.4, 0.5) is 36.8 Å². The van der Waals surface area contributed by atoms with Gasteiger partial charge in [-0.25, -0.2) is 13.2 Å². The van der Waals surface area contributed by atoms with Gasteiger partial charge in [-0.3, -0.25) is 4.79 Å². The van der Waals surface area contributed by atoms with Crippen molar-refractivity contribution in [2.24, 2.45) is 4.99 Å². The second-order valence-electron chi connectivity index (χ2n) is 9.64. The molecule has 41 heavy (non-hydrogen) atoms. The van der Waals surface area contributed by atoms with E-state index in [2.05, 4.69) is 11.6 Å². The van der Waals surface area contributed by atoms with Crippen molar-refractivity contribution in [3.8, 4) is 11.1 Å². The van der Waals surface area contributed by atoms with Gasteiger partial charge in [-0.2, -0.15) is 22.5 Å². The van der Waals surface area contributed by atoms with Crippen LogP contribution in [0.5, 0.6) is 0 Å². The van der Waals surface area contributed by atoms with Crippen molar-refractivity contribution >= 4 is 40.9 Å². The van der Waals surface area contributed by atoms with Gasteiger partial charge < -0.3 is 14.5 Å². The van der Waals surface area contributed by atoms with Crippen molar-refractivity contribution in [2.75, 3.05) is 39.1 Å². The quantitative estimate of drug-likeness (QED) is 0.209. The summed E-state index contributed by atoms with van der Waals surface area (Å²) in [5.41, 5.74) is -2.43. The number of carbonyl (C=O) groups excluding carboxylic acids is 2. The number of ether oxygens (including phenoxy) is 1. The number of hydrogen-bond donors (Lipinski definition) is 0. The van der Waals surface area contributed by atoms with Gasteiger partial charge >= 0.3 is 12.2 Å². The number of nitrogens with zero attached hydrogens (tertiary/aromatic N) is 4. The summed E-state index contributed by atoms with van der Waals surface area (Å²) in [6.07, 6.45) is -3.89. The van der Waals surface area contributed by atoms with E-state index in [0.29, 0.717) is 11.8 Å². The third-order valence-electron chi connectivity index (χ3n) is 7.09. The molecule has 5 rings (SSSR count). The van der Waals surface area contributed by atoms with Gasteiger partial charge in [0, 0.05) is 55.0 Å². The molecule has 216 valence electrons. The van der Waals surface area contributed by atoms with Gasteiger partial charge in [-0.15, -0.1) is 11.8 Å². The normalized spacial score (nSPS) is 18.9. The summed E-state index contributed by atoms with van der Waals surface area (Å²) < 4.78 is 93.3. The van der Waals surface area contributed by atoms with E-state index in [4.69, 9.17) is 4.74 Å². The third-order valence-corrected chi connectivity index (χ3v) is 8.26. The molecule has 2 aromatic carbocycles. The van der Waals surface area contributed by atoms with Crippen molar-refractivity contribution < 1.29 is 45.2 Å². The van der Waals surface area contributed by atoms with Crippen LogP contribution in [0.3, 0.4) is 0 Å². The van der Waals surface area contributed by atoms with E-state index in [1.165, 1.54) is 12.0 Å². The van der Waals surface area contributed by atoms with Crippen molar-refractivity contribution in [3.63, 3.8) is 0 Å². The molecule has 1 unspecified atom stereocenters. The van der Waals surface area contributed by atoms with Gasteiger partial charge in [0.15, 0.2) is 17.3 Å². The molecule has 14 heteroatoms. The van der Waals surface area contributed by atoms with Crippen LogP contribution in [-0.2, 0) is 15.7 Å². The Hall–Kier alpha value is -3.65. The SMILES string of the molecule is C=CC(=O)N1CCN(C2=NC(=O)[N+]3=C(COC)CSc4c(-c5cc(F)c(F)cc5F)c(C(F)(F)F)cc2c43)C(C)C1. The van der Waals surface area contributed by atoms with E-state index >= 15 is 4.39 Å². The molecule has 0 radical (unpaired) electrons. The number of alkyl halides is 3. The van der Waals surface area contributed by atoms with E-state index in [-0.39, 0.29) is 65.9 Å². The summed E-state index contributed by atoms with van der Waals surface area (Å²) in [6.45, 7) is 5.73. The predicted molar refractivity (Wildman–Crippen MR) is 139 cm³/mol. The van der Waals surface area contributed by atoms with Gasteiger partial charge in [0.1, 0.15) is 18.1 Å². The first-order valence-corrected chi connectivity index (χ1v) is 13.4. The Balaban J connectivity index is 1.79. The fraction of sp³-hybridized carbons (Fsp3) is 0.333. The van der Waals surface area contributed by atoms with E-state index in [0.717, 1.165) is 28.5 Å². The zero-order chi connectivity index (χ0) is 29.8. The molecular weight excluding hydrogens is 574 g/mol. The number of aliphatic imine (C=N–C) groups is 1. The fourth-order valence-corrected chi connectivity index (χ4v) is 6.51. The molecule has 0 aromatic heterocycles. The molecule has 3 amide bonds. The summed E-state index contributed by atoms with van der Waals surface area (Å²) in [6, 6.07) is 0.0908. The lowest BCUT2D eigenvalue weighted by Gasteiger charge is -2.40. The molecule has 2 aromatic rings. The smallest absolute Gasteiger partial charge is 0.377 e. The lowest BCUT2D eigenvalue weighted by atomic mass is 9.92. The maximum Gasteiger partial charge on any atom is 0.547 e. The van der Waals surface area contributed by atoms with Gasteiger partial charge in [0.2, 0.25) is 5.91 Å². The Labute approximate surface area is 234 Å². The zero-order valence-corrected chi connectivity index (χ0v) is 22.6. The maximum absolute atomic E-state index is 15.0. The Morgan fingerprint density at radius 3 is 2.51 bits per heavy atom. The molecule has 1 fully saturated rings. The van der Waals surface area contributed by atoms with E-state index in [1.54, 1.807) is 11.8 Å². The summed E-state index contributed by atoms with van der Waals surface area (Å²) in [5, 5.41) is 0. The van der Waals surface area contributed by atoms with Crippen LogP contribution in [0, 0.1) is 17.5 Å². The summed E-state index contributed by atoms with van der Waals surface area (Å²) in [4.78, 5) is 32.9. The number of hydrogen-bond acceptors (Lipinski definition) is 5. The molecule has 0 spiro atoms. The number of carbonyl (C=O) groups is 2. The number of amidine groups is 1. The minimum absolute atomic E-state index is 0.00474. The first kappa shape index (κ1) is 28.9. The highest BCUT2D eigenvalue weighted by atomic mass is 32.2. The van der Waals surface area contributed by atoms with Crippen LogP contribution < -0.4 is 0 Å². The molecule has 3 aliphatic rings. The summed E-state index contributed by atoms with van der Waals surface area (Å²) >= 11 is 0.902. The van der Waals surface area contributed by atoms with Gasteiger partial charge in [0.05, 0.1) is 21.8 Å². The Bertz CT molecular complexity index is 1550. The zero-order valence-electron chi connectivity index (χ0n) is 21.8. The number of methoxy groups -OCH3 is 1. The van der Waals surface area contributed by atoms with Crippen molar-refractivity contribution in [1.29, 1.82) is 0 Å². The maximum atomic E-state index is 15.0. The number of amides is 3. The van der Waals surface area contributed by atoms with Crippen molar-refractivity contribution in [1.82, 2.24) is 9.80 Å². The Kier molecular flexibility index (Phi) is 7.49. The molecule has 7 nitrogen and oxygen atoms in total. The fourth-order valence-electron chi connectivity index (χ4n) is 5.29. The predicted octanol–water partition coefficient (Wildman–Crippen LogP) is 5.23. The lowest BCUT2D eigenvalue weighted by molar-refractivity contribution is -0.337. The first-order chi connectivity index (χ1) is 19.4. The topological polar surface area (TPSA) is 65.2 Å². The number of benzene rings is 2. The first-order valence-electron chi connectivity index (χ1n) is 12.4. The van der Waals surface area contributed by atoms with Crippen LogP contribution >= 0.6 is 11.8 Å². The minimum Gasteiger partial charge on any atom is -0.377 e. The van der Waals surface area contributed by atoms with Gasteiger partial charge in [-0.05, 0) is 25.1 Å². The minimum atomic E-state index is -5.05. The molecule has 1 saturated heterocycles. The molecule has 0 N–H and O–H groups in total. The number of urea groups is 1. The third kappa shape index (κ3) is 4.92. The van der Waals surface area contributed by atoms with Gasteiger partial charge in [0.25, 0.3) is 5.84 Å². The highest BCUT2D eigenvalue weighted by molar-refractivity contribution is 8.00. The molecule has 0 aliphatic carbocycles. The second kappa shape index (κ2) is 10.6. The molecule has 3 aliphatic heterocycles. The highest BCUT2D eigenvalue weighted by Crippen LogP contribution is 2.51. The molecule has 3 heterocycles. The molecule has 1 atom stereocenters. The Morgan fingerprint density at radius 1 is 1.17 bits per heavy atom. The van der Waals surface area contributed by atoms with E-state index in [1.807, 2.05) is 0 Å². The molecule has 0 saturated carbocycles. The van der Waals surface area contributed by atoms with E-state index < -0.39 is 52.4 Å². The summed E-state index contributed by atoms with van der Waals surface area (Å²) in [7, 11) is 1.39. The van der Waals surface area contributed by atoms with Crippen molar-refractivity contribution in [2.45, 2.75) is 24.0 Å². The average Bonchev–Trinajstić information content (AvgIpc) is 2.92. The lowest BCUT2D eigenvalue weighted by Crippen LogP contribution is -2.56. The van der Waals surface area contributed by atoms with Gasteiger partial charge in [-0.1, -0.05) is 6.58 Å². The molecule has 0 bridgehead atoms. The van der Waals surface area contributed by atoms with Crippen molar-refractivity contribution in [3.05, 3.63) is 59.4 Å². The average molecular weight is 598 g/mol. The van der Waals surface area contributed by atoms with Crippen LogP contribution in [-0.4, -0.2) is 83.0 Å². The number of piperazine rings is 1. The summed E-state index contributed by atoms with van der Waals surface area (Å²) in [5.74, 6) is -4.82. The highest BCUT2D eigenvalue weighted by Gasteiger charge is 2.48. The number of halogens is 6. The number of rotatable bonds is 4. The second-order valence-corrected chi connectivity index (χ2v) is 10.6. The largest absolute Gasteiger partial charge is 0.547 e. The monoisotopic (exact) mass is 597 g/mol.